The van der Waals surface area contributed by atoms with Crippen LogP contribution in [0.25, 0.3) is 5.69 Å². The molecule has 2 heterocycles. The molecule has 2 aromatic rings. The van der Waals surface area contributed by atoms with E-state index in [2.05, 4.69) is 10.1 Å². The Bertz CT molecular complexity index is 617. The summed E-state index contributed by atoms with van der Waals surface area (Å²) >= 11 is 0. The first-order valence-corrected chi connectivity index (χ1v) is 6.20. The normalized spacial score (nSPS) is 10.6. The number of primary amides is 1. The first-order chi connectivity index (χ1) is 9.08. The van der Waals surface area contributed by atoms with Gasteiger partial charge in [0.05, 0.1) is 22.8 Å². The third-order valence-corrected chi connectivity index (χ3v) is 3.01. The van der Waals surface area contributed by atoms with E-state index >= 15 is 0 Å². The number of anilines is 1. The lowest BCUT2D eigenvalue weighted by Crippen LogP contribution is -2.14. The standard InChI is InChI=1S/C13H17N5O/c1-3-9-12(14)11(4-2)18(17-9)8-5-6-16-10(7-8)13(15)19/h5-7H,3-4,14H2,1-2H3,(H2,15,19). The number of hydrogen-bond donors (Lipinski definition) is 2. The van der Waals surface area contributed by atoms with Crippen molar-refractivity contribution in [2.45, 2.75) is 26.7 Å². The predicted molar refractivity (Wildman–Crippen MR) is 73.0 cm³/mol. The molecule has 1 amide bonds. The summed E-state index contributed by atoms with van der Waals surface area (Å²) in [6.07, 6.45) is 3.06. The van der Waals surface area contributed by atoms with E-state index in [-0.39, 0.29) is 5.69 Å². The third-order valence-electron chi connectivity index (χ3n) is 3.01. The molecule has 6 heteroatoms. The van der Waals surface area contributed by atoms with Gasteiger partial charge >= 0.3 is 0 Å². The number of aryl methyl sites for hydroxylation is 1. The van der Waals surface area contributed by atoms with Crippen molar-refractivity contribution in [2.24, 2.45) is 5.73 Å². The average Bonchev–Trinajstić information content (AvgIpc) is 2.75. The Kier molecular flexibility index (Phi) is 3.50. The molecule has 6 nitrogen and oxygen atoms in total. The number of carbonyl (C=O) groups is 1. The molecule has 0 fully saturated rings. The van der Waals surface area contributed by atoms with Crippen LogP contribution in [0.15, 0.2) is 18.3 Å². The zero-order valence-electron chi connectivity index (χ0n) is 11.1. The van der Waals surface area contributed by atoms with Gasteiger partial charge in [-0.25, -0.2) is 4.68 Å². The van der Waals surface area contributed by atoms with Crippen molar-refractivity contribution in [2.75, 3.05) is 5.73 Å². The van der Waals surface area contributed by atoms with Crippen molar-refractivity contribution in [1.82, 2.24) is 14.8 Å². The average molecular weight is 259 g/mol. The van der Waals surface area contributed by atoms with Gasteiger partial charge in [-0.3, -0.25) is 9.78 Å². The maximum atomic E-state index is 11.2. The van der Waals surface area contributed by atoms with Gasteiger partial charge in [0.1, 0.15) is 5.69 Å². The molecule has 0 unspecified atom stereocenters. The van der Waals surface area contributed by atoms with Crippen LogP contribution >= 0.6 is 0 Å². The highest BCUT2D eigenvalue weighted by Gasteiger charge is 2.14. The van der Waals surface area contributed by atoms with Gasteiger partial charge in [-0.1, -0.05) is 13.8 Å². The van der Waals surface area contributed by atoms with E-state index in [9.17, 15) is 4.79 Å². The van der Waals surface area contributed by atoms with Crippen molar-refractivity contribution in [3.8, 4) is 5.69 Å². The zero-order valence-corrected chi connectivity index (χ0v) is 11.1. The summed E-state index contributed by atoms with van der Waals surface area (Å²) in [6.45, 7) is 4.02. The van der Waals surface area contributed by atoms with E-state index in [1.54, 1.807) is 23.0 Å². The van der Waals surface area contributed by atoms with Crippen molar-refractivity contribution in [1.29, 1.82) is 0 Å². The molecule has 0 aliphatic carbocycles. The van der Waals surface area contributed by atoms with Crippen LogP contribution in [0.3, 0.4) is 0 Å². The molecule has 0 saturated carbocycles. The Morgan fingerprint density at radius 3 is 2.68 bits per heavy atom. The van der Waals surface area contributed by atoms with E-state index < -0.39 is 5.91 Å². The van der Waals surface area contributed by atoms with Gasteiger partial charge in [-0.05, 0) is 25.0 Å². The first-order valence-electron chi connectivity index (χ1n) is 6.20. The number of hydrogen-bond acceptors (Lipinski definition) is 4. The van der Waals surface area contributed by atoms with Crippen LogP contribution in [0.1, 0.15) is 35.7 Å². The molecule has 0 saturated heterocycles. The second-order valence-electron chi connectivity index (χ2n) is 4.19. The highest BCUT2D eigenvalue weighted by Crippen LogP contribution is 2.22. The van der Waals surface area contributed by atoms with Gasteiger partial charge in [0.25, 0.3) is 5.91 Å². The maximum Gasteiger partial charge on any atom is 0.267 e. The summed E-state index contributed by atoms with van der Waals surface area (Å²) in [5, 5.41) is 4.48. The second kappa shape index (κ2) is 5.09. The fraction of sp³-hybridized carbons (Fsp3) is 0.308. The van der Waals surface area contributed by atoms with E-state index in [1.165, 1.54) is 0 Å². The predicted octanol–water partition coefficient (Wildman–Crippen LogP) is 1.07. The number of pyridine rings is 1. The minimum Gasteiger partial charge on any atom is -0.396 e. The highest BCUT2D eigenvalue weighted by molar-refractivity contribution is 5.91. The molecule has 0 aromatic carbocycles. The van der Waals surface area contributed by atoms with Crippen LogP contribution in [0.2, 0.25) is 0 Å². The van der Waals surface area contributed by atoms with Gasteiger partial charge in [0.2, 0.25) is 0 Å². The number of nitrogens with zero attached hydrogens (tertiary/aromatic N) is 3. The fourth-order valence-corrected chi connectivity index (χ4v) is 2.02. The zero-order chi connectivity index (χ0) is 14.0. The number of nitrogens with two attached hydrogens (primary N) is 2. The summed E-state index contributed by atoms with van der Waals surface area (Å²) in [4.78, 5) is 15.1. The van der Waals surface area contributed by atoms with Crippen molar-refractivity contribution in [3.63, 3.8) is 0 Å². The molecule has 0 radical (unpaired) electrons. The summed E-state index contributed by atoms with van der Waals surface area (Å²) in [7, 11) is 0. The minimum absolute atomic E-state index is 0.215. The molecular weight excluding hydrogens is 242 g/mol. The smallest absolute Gasteiger partial charge is 0.267 e. The quantitative estimate of drug-likeness (QED) is 0.857. The molecule has 0 bridgehead atoms. The lowest BCUT2D eigenvalue weighted by molar-refractivity contribution is 0.0995. The Labute approximate surface area is 111 Å². The van der Waals surface area contributed by atoms with Crippen molar-refractivity contribution < 1.29 is 4.79 Å². The largest absolute Gasteiger partial charge is 0.396 e. The number of rotatable bonds is 4. The van der Waals surface area contributed by atoms with E-state index in [0.717, 1.165) is 29.9 Å². The molecule has 2 aromatic heterocycles. The van der Waals surface area contributed by atoms with Gasteiger partial charge in [-0.15, -0.1) is 0 Å². The molecular formula is C13H17N5O. The monoisotopic (exact) mass is 259 g/mol. The van der Waals surface area contributed by atoms with Gasteiger partial charge in [-0.2, -0.15) is 5.10 Å². The summed E-state index contributed by atoms with van der Waals surface area (Å²) in [5.41, 5.74) is 14.8. The Balaban J connectivity index is 2.58. The highest BCUT2D eigenvalue weighted by atomic mass is 16.1. The molecule has 4 N–H and O–H groups in total. The van der Waals surface area contributed by atoms with E-state index in [0.29, 0.717) is 5.69 Å². The van der Waals surface area contributed by atoms with Gasteiger partial charge in [0.15, 0.2) is 0 Å². The lowest BCUT2D eigenvalue weighted by Gasteiger charge is -2.06. The first kappa shape index (κ1) is 13.1. The van der Waals surface area contributed by atoms with E-state index in [1.807, 2.05) is 13.8 Å². The lowest BCUT2D eigenvalue weighted by atomic mass is 10.2. The molecule has 2 rings (SSSR count). The number of aromatic nitrogens is 3. The molecule has 0 atom stereocenters. The van der Waals surface area contributed by atoms with Crippen LogP contribution in [0.5, 0.6) is 0 Å². The summed E-state index contributed by atoms with van der Waals surface area (Å²) in [5.74, 6) is -0.559. The Morgan fingerprint density at radius 1 is 1.37 bits per heavy atom. The minimum atomic E-state index is -0.559. The molecule has 100 valence electrons. The fourth-order valence-electron chi connectivity index (χ4n) is 2.02. The molecule has 0 aliphatic heterocycles. The van der Waals surface area contributed by atoms with Gasteiger partial charge in [0, 0.05) is 6.20 Å². The molecule has 0 aliphatic rings. The number of carbonyl (C=O) groups excluding carboxylic acids is 1. The van der Waals surface area contributed by atoms with Crippen LogP contribution in [0, 0.1) is 0 Å². The van der Waals surface area contributed by atoms with Crippen LogP contribution in [-0.2, 0) is 12.8 Å². The van der Waals surface area contributed by atoms with E-state index in [4.69, 9.17) is 11.5 Å². The maximum absolute atomic E-state index is 11.2. The summed E-state index contributed by atoms with van der Waals surface area (Å²) in [6, 6.07) is 3.39. The molecule has 19 heavy (non-hydrogen) atoms. The Hall–Kier alpha value is -2.37. The molecule has 0 spiro atoms. The van der Waals surface area contributed by atoms with Crippen molar-refractivity contribution in [3.05, 3.63) is 35.4 Å². The van der Waals surface area contributed by atoms with Gasteiger partial charge < -0.3 is 11.5 Å². The summed E-state index contributed by atoms with van der Waals surface area (Å²) < 4.78 is 1.75. The van der Waals surface area contributed by atoms with Crippen LogP contribution in [-0.4, -0.2) is 20.7 Å². The number of amides is 1. The third kappa shape index (κ3) is 2.29. The topological polar surface area (TPSA) is 99.8 Å². The number of nitrogen functional groups attached to an aromatic ring is 1. The SMILES string of the molecule is CCc1nn(-c2ccnc(C(N)=O)c2)c(CC)c1N. The second-order valence-corrected chi connectivity index (χ2v) is 4.19. The Morgan fingerprint density at radius 2 is 2.11 bits per heavy atom. The van der Waals surface area contributed by atoms with Crippen LogP contribution in [0.4, 0.5) is 5.69 Å². The van der Waals surface area contributed by atoms with Crippen molar-refractivity contribution >= 4 is 11.6 Å². The van der Waals surface area contributed by atoms with Crippen LogP contribution < -0.4 is 11.5 Å².